The highest BCUT2D eigenvalue weighted by atomic mass is 15.4. The molecule has 2 rings (SSSR count). The van der Waals surface area contributed by atoms with E-state index in [4.69, 9.17) is 0 Å². The summed E-state index contributed by atoms with van der Waals surface area (Å²) in [5, 5.41) is 11.5. The average Bonchev–Trinajstić information content (AvgIpc) is 2.86. The molecule has 0 saturated heterocycles. The van der Waals surface area contributed by atoms with Gasteiger partial charge in [0.15, 0.2) is 0 Å². The summed E-state index contributed by atoms with van der Waals surface area (Å²) in [5.41, 5.74) is 2.25. The lowest BCUT2D eigenvalue weighted by Gasteiger charge is -2.17. The fourth-order valence-electron chi connectivity index (χ4n) is 2.12. The van der Waals surface area contributed by atoms with Crippen molar-refractivity contribution in [1.29, 1.82) is 0 Å². The van der Waals surface area contributed by atoms with Crippen molar-refractivity contribution >= 4 is 0 Å². The molecule has 0 aliphatic heterocycles. The molecule has 1 atom stereocenters. The third kappa shape index (κ3) is 3.86. The van der Waals surface area contributed by atoms with Crippen LogP contribution < -0.4 is 5.32 Å². The molecule has 5 nitrogen and oxygen atoms in total. The van der Waals surface area contributed by atoms with E-state index >= 15 is 0 Å². The highest BCUT2D eigenvalue weighted by molar-refractivity contribution is 5.07. The van der Waals surface area contributed by atoms with E-state index in [1.807, 2.05) is 36.3 Å². The predicted molar refractivity (Wildman–Crippen MR) is 74.6 cm³/mol. The molecule has 5 heteroatoms. The topological polar surface area (TPSA) is 55.6 Å². The SMILES string of the molecule is CCCNC(CCc1ccccn1)c1cnnn1C. The monoisotopic (exact) mass is 259 g/mol. The predicted octanol–water partition coefficient (Wildman–Crippen LogP) is 1.88. The number of hydrogen-bond donors (Lipinski definition) is 1. The lowest BCUT2D eigenvalue weighted by atomic mass is 10.1. The normalized spacial score (nSPS) is 12.5. The zero-order chi connectivity index (χ0) is 13.5. The Balaban J connectivity index is 2.00. The maximum atomic E-state index is 4.37. The number of rotatable bonds is 7. The van der Waals surface area contributed by atoms with Crippen molar-refractivity contribution in [3.63, 3.8) is 0 Å². The second kappa shape index (κ2) is 6.99. The van der Waals surface area contributed by atoms with Crippen LogP contribution in [-0.2, 0) is 13.5 Å². The van der Waals surface area contributed by atoms with E-state index in [1.54, 1.807) is 0 Å². The van der Waals surface area contributed by atoms with Gasteiger partial charge >= 0.3 is 0 Å². The Morgan fingerprint density at radius 1 is 1.37 bits per heavy atom. The lowest BCUT2D eigenvalue weighted by Crippen LogP contribution is -2.25. The van der Waals surface area contributed by atoms with Crippen LogP contribution in [0.1, 0.15) is 37.2 Å². The van der Waals surface area contributed by atoms with Crippen LogP contribution in [0.2, 0.25) is 0 Å². The molecule has 102 valence electrons. The van der Waals surface area contributed by atoms with E-state index in [9.17, 15) is 0 Å². The molecule has 1 unspecified atom stereocenters. The molecule has 0 radical (unpaired) electrons. The van der Waals surface area contributed by atoms with Crippen molar-refractivity contribution < 1.29 is 0 Å². The van der Waals surface area contributed by atoms with Crippen molar-refractivity contribution in [2.45, 2.75) is 32.2 Å². The molecule has 1 N–H and O–H groups in total. The van der Waals surface area contributed by atoms with Gasteiger partial charge in [0, 0.05) is 18.9 Å². The van der Waals surface area contributed by atoms with Crippen molar-refractivity contribution in [2.75, 3.05) is 6.54 Å². The summed E-state index contributed by atoms with van der Waals surface area (Å²) < 4.78 is 1.84. The highest BCUT2D eigenvalue weighted by Gasteiger charge is 2.15. The number of nitrogens with zero attached hydrogens (tertiary/aromatic N) is 4. The lowest BCUT2D eigenvalue weighted by molar-refractivity contribution is 0.465. The fourth-order valence-corrected chi connectivity index (χ4v) is 2.12. The average molecular weight is 259 g/mol. The molecule has 19 heavy (non-hydrogen) atoms. The van der Waals surface area contributed by atoms with Crippen LogP contribution in [0.15, 0.2) is 30.6 Å². The van der Waals surface area contributed by atoms with Crippen LogP contribution >= 0.6 is 0 Å². The molecule has 0 aromatic carbocycles. The fraction of sp³-hybridized carbons (Fsp3) is 0.500. The van der Waals surface area contributed by atoms with E-state index in [1.165, 1.54) is 0 Å². The van der Waals surface area contributed by atoms with Gasteiger partial charge in [-0.3, -0.25) is 9.67 Å². The first kappa shape index (κ1) is 13.7. The van der Waals surface area contributed by atoms with Crippen LogP contribution in [0.3, 0.4) is 0 Å². The Kier molecular flexibility index (Phi) is 5.03. The van der Waals surface area contributed by atoms with Gasteiger partial charge in [0.1, 0.15) is 0 Å². The molecule has 0 aliphatic rings. The molecule has 0 amide bonds. The molecule has 2 heterocycles. The quantitative estimate of drug-likeness (QED) is 0.825. The van der Waals surface area contributed by atoms with Gasteiger partial charge in [-0.15, -0.1) is 5.10 Å². The molecule has 0 aliphatic carbocycles. The first-order valence-electron chi connectivity index (χ1n) is 6.79. The minimum Gasteiger partial charge on any atom is -0.309 e. The first-order valence-corrected chi connectivity index (χ1v) is 6.79. The Morgan fingerprint density at radius 2 is 2.26 bits per heavy atom. The Hall–Kier alpha value is -1.75. The van der Waals surface area contributed by atoms with Crippen molar-refractivity contribution in [3.8, 4) is 0 Å². The second-order valence-corrected chi connectivity index (χ2v) is 4.65. The van der Waals surface area contributed by atoms with Crippen LogP contribution in [0.5, 0.6) is 0 Å². The molecule has 0 spiro atoms. The summed E-state index contributed by atoms with van der Waals surface area (Å²) in [6, 6.07) is 6.32. The Morgan fingerprint density at radius 3 is 2.89 bits per heavy atom. The molecule has 2 aromatic heterocycles. The minimum atomic E-state index is 0.280. The molecule has 0 bridgehead atoms. The third-order valence-electron chi connectivity index (χ3n) is 3.16. The van der Waals surface area contributed by atoms with Gasteiger partial charge in [-0.1, -0.05) is 18.2 Å². The van der Waals surface area contributed by atoms with E-state index in [0.717, 1.165) is 37.2 Å². The van der Waals surface area contributed by atoms with E-state index < -0.39 is 0 Å². The van der Waals surface area contributed by atoms with Crippen molar-refractivity contribution in [1.82, 2.24) is 25.3 Å². The number of hydrogen-bond acceptors (Lipinski definition) is 4. The van der Waals surface area contributed by atoms with Crippen molar-refractivity contribution in [2.24, 2.45) is 7.05 Å². The molecular weight excluding hydrogens is 238 g/mol. The Labute approximate surface area is 114 Å². The minimum absolute atomic E-state index is 0.280. The number of nitrogens with one attached hydrogen (secondary N) is 1. The third-order valence-corrected chi connectivity index (χ3v) is 3.16. The van der Waals surface area contributed by atoms with E-state index in [2.05, 4.69) is 33.6 Å². The van der Waals surface area contributed by atoms with Gasteiger partial charge in [-0.05, 0) is 37.9 Å². The molecular formula is C14H21N5. The Bertz CT molecular complexity index is 480. The standard InChI is InChI=1S/C14H21N5/c1-3-9-16-13(14-11-17-18-19(14)2)8-7-12-6-4-5-10-15-12/h4-6,10-11,13,16H,3,7-9H2,1-2H3. The van der Waals surface area contributed by atoms with Crippen LogP contribution in [0.4, 0.5) is 0 Å². The molecule has 0 saturated carbocycles. The second-order valence-electron chi connectivity index (χ2n) is 4.65. The largest absolute Gasteiger partial charge is 0.309 e. The van der Waals surface area contributed by atoms with E-state index in [0.29, 0.717) is 0 Å². The van der Waals surface area contributed by atoms with Gasteiger partial charge in [0.25, 0.3) is 0 Å². The molecule has 2 aromatic rings. The summed E-state index contributed by atoms with van der Waals surface area (Å²) in [5.74, 6) is 0. The molecule has 0 fully saturated rings. The zero-order valence-corrected chi connectivity index (χ0v) is 11.6. The van der Waals surface area contributed by atoms with Gasteiger partial charge in [0.05, 0.1) is 17.9 Å². The summed E-state index contributed by atoms with van der Waals surface area (Å²) in [6.07, 6.45) is 6.75. The maximum Gasteiger partial charge on any atom is 0.0753 e. The van der Waals surface area contributed by atoms with Crippen LogP contribution in [0.25, 0.3) is 0 Å². The van der Waals surface area contributed by atoms with Gasteiger partial charge in [-0.2, -0.15) is 0 Å². The maximum absolute atomic E-state index is 4.37. The van der Waals surface area contributed by atoms with Crippen molar-refractivity contribution in [3.05, 3.63) is 42.0 Å². The summed E-state index contributed by atoms with van der Waals surface area (Å²) >= 11 is 0. The van der Waals surface area contributed by atoms with Crippen LogP contribution in [-0.4, -0.2) is 26.5 Å². The first-order chi connectivity index (χ1) is 9.31. The van der Waals surface area contributed by atoms with E-state index in [-0.39, 0.29) is 6.04 Å². The number of aryl methyl sites for hydroxylation is 2. The summed E-state index contributed by atoms with van der Waals surface area (Å²) in [4.78, 5) is 4.37. The van der Waals surface area contributed by atoms with Gasteiger partial charge in [-0.25, -0.2) is 0 Å². The summed E-state index contributed by atoms with van der Waals surface area (Å²) in [6.45, 7) is 3.17. The van der Waals surface area contributed by atoms with Crippen LogP contribution in [0, 0.1) is 0 Å². The van der Waals surface area contributed by atoms with Gasteiger partial charge < -0.3 is 5.32 Å². The smallest absolute Gasteiger partial charge is 0.0753 e. The number of aromatic nitrogens is 4. The number of pyridine rings is 1. The zero-order valence-electron chi connectivity index (χ0n) is 11.6. The van der Waals surface area contributed by atoms with Gasteiger partial charge in [0.2, 0.25) is 0 Å². The summed E-state index contributed by atoms with van der Waals surface area (Å²) in [7, 11) is 1.93. The highest BCUT2D eigenvalue weighted by Crippen LogP contribution is 2.17.